The molecule has 3 rings (SSSR count). The molecule has 0 radical (unpaired) electrons. The second-order valence-corrected chi connectivity index (χ2v) is 12.3. The van der Waals surface area contributed by atoms with Crippen LogP contribution in [0.15, 0.2) is 54.6 Å². The fourth-order valence-corrected chi connectivity index (χ4v) is 4.66. The number of hydrogen-bond donors (Lipinski definition) is 1. The van der Waals surface area contributed by atoms with Gasteiger partial charge in [-0.25, -0.2) is 4.98 Å². The third-order valence-corrected chi connectivity index (χ3v) is 7.36. The number of benzene rings is 2. The van der Waals surface area contributed by atoms with Crippen molar-refractivity contribution in [3.63, 3.8) is 0 Å². The molecule has 0 saturated heterocycles. The summed E-state index contributed by atoms with van der Waals surface area (Å²) in [4.78, 5) is 33.1. The summed E-state index contributed by atoms with van der Waals surface area (Å²) in [5.41, 5.74) is 4.19. The first-order chi connectivity index (χ1) is 20.4. The lowest BCUT2D eigenvalue weighted by molar-refractivity contribution is -0.146. The lowest BCUT2D eigenvalue weighted by Crippen LogP contribution is -2.45. The largest absolute Gasteiger partial charge is 0.492 e. The molecule has 1 heterocycles. The molecule has 0 aliphatic rings. The number of rotatable bonds is 14. The minimum atomic E-state index is -0.478. The number of nitrogens with zero attached hydrogens (tertiary/aromatic N) is 2. The van der Waals surface area contributed by atoms with Crippen LogP contribution < -0.4 is 10.1 Å². The third-order valence-electron chi connectivity index (χ3n) is 7.05. The van der Waals surface area contributed by atoms with Crippen molar-refractivity contribution < 1.29 is 23.8 Å². The summed E-state index contributed by atoms with van der Waals surface area (Å²) in [6.45, 7) is 9.83. The molecule has 1 aromatic heterocycles. The molecule has 2 aromatic carbocycles. The van der Waals surface area contributed by atoms with Crippen LogP contribution in [-0.4, -0.2) is 75.4 Å². The first kappa shape index (κ1) is 34.0. The van der Waals surface area contributed by atoms with E-state index in [1.165, 1.54) is 0 Å². The maximum Gasteiger partial charge on any atom is 0.307 e. The monoisotopic (exact) mass is 609 g/mol. The van der Waals surface area contributed by atoms with E-state index in [4.69, 9.17) is 30.8 Å². The molecule has 0 spiro atoms. The van der Waals surface area contributed by atoms with Crippen LogP contribution in [0.2, 0.25) is 5.02 Å². The molecule has 0 bridgehead atoms. The number of carbonyl (C=O) groups excluding carboxylic acids is 2. The van der Waals surface area contributed by atoms with Gasteiger partial charge in [-0.2, -0.15) is 0 Å². The number of nitrogens with one attached hydrogen (secondary N) is 1. The number of amides is 1. The number of pyridine rings is 1. The molecule has 0 aliphatic carbocycles. The van der Waals surface area contributed by atoms with Crippen LogP contribution in [0.25, 0.3) is 22.4 Å². The molecule has 0 unspecified atom stereocenters. The topological polar surface area (TPSA) is 90.0 Å². The Morgan fingerprint density at radius 1 is 1.00 bits per heavy atom. The highest BCUT2D eigenvalue weighted by atomic mass is 35.5. The molecule has 232 valence electrons. The molecule has 43 heavy (non-hydrogen) atoms. The summed E-state index contributed by atoms with van der Waals surface area (Å²) in [5.74, 6) is -0.221. The number of methoxy groups -OCH3 is 1. The quantitative estimate of drug-likeness (QED) is 0.166. The van der Waals surface area contributed by atoms with Crippen LogP contribution in [-0.2, 0) is 14.3 Å². The van der Waals surface area contributed by atoms with Gasteiger partial charge >= 0.3 is 5.97 Å². The standard InChI is InChI=1S/C34H44ClN3O5/c1-23-11-8-9-12-25(23)26-14-16-28(33(40)37-30(34(2,3)4)22-31(39)43-20-19-41-7)36-32(26)24-13-15-27(35)29(21-24)42-18-10-17-38(5)6/h8-9,11-16,21,30H,10,17-20,22H2,1-7H3,(H,37,40)/t30-/m0/s1. The number of hydrogen-bond acceptors (Lipinski definition) is 7. The molecular formula is C34H44ClN3O5. The zero-order valence-electron chi connectivity index (χ0n) is 26.3. The highest BCUT2D eigenvalue weighted by Gasteiger charge is 2.30. The lowest BCUT2D eigenvalue weighted by Gasteiger charge is -2.30. The van der Waals surface area contributed by atoms with E-state index in [1.54, 1.807) is 19.2 Å². The molecule has 0 saturated carbocycles. The van der Waals surface area contributed by atoms with Crippen LogP contribution in [0.4, 0.5) is 0 Å². The van der Waals surface area contributed by atoms with E-state index < -0.39 is 17.4 Å². The SMILES string of the molecule is COCCOC(=O)C[C@H](NC(=O)c1ccc(-c2ccccc2C)c(-c2ccc(Cl)c(OCCCN(C)C)c2)n1)C(C)(C)C. The Balaban J connectivity index is 1.97. The normalized spacial score (nSPS) is 12.2. The lowest BCUT2D eigenvalue weighted by atomic mass is 9.84. The van der Waals surface area contributed by atoms with Gasteiger partial charge in [0.1, 0.15) is 18.1 Å². The molecular weight excluding hydrogens is 566 g/mol. The van der Waals surface area contributed by atoms with E-state index in [9.17, 15) is 9.59 Å². The van der Waals surface area contributed by atoms with Crippen LogP contribution in [0.1, 0.15) is 49.7 Å². The van der Waals surface area contributed by atoms with Crippen molar-refractivity contribution in [3.8, 4) is 28.1 Å². The molecule has 0 fully saturated rings. The number of halogens is 1. The number of aromatic nitrogens is 1. The molecule has 8 nitrogen and oxygen atoms in total. The van der Waals surface area contributed by atoms with Crippen LogP contribution >= 0.6 is 11.6 Å². The second kappa shape index (κ2) is 15.8. The number of carbonyl (C=O) groups is 2. The highest BCUT2D eigenvalue weighted by molar-refractivity contribution is 6.32. The zero-order chi connectivity index (χ0) is 31.6. The van der Waals surface area contributed by atoms with Gasteiger partial charge in [-0.1, -0.05) is 62.7 Å². The van der Waals surface area contributed by atoms with Crippen molar-refractivity contribution in [1.29, 1.82) is 0 Å². The van der Waals surface area contributed by atoms with Gasteiger partial charge in [0.05, 0.1) is 30.4 Å². The predicted octanol–water partition coefficient (Wildman–Crippen LogP) is 6.43. The van der Waals surface area contributed by atoms with E-state index in [0.29, 0.717) is 29.7 Å². The van der Waals surface area contributed by atoms with E-state index in [-0.39, 0.29) is 24.6 Å². The second-order valence-electron chi connectivity index (χ2n) is 11.9. The van der Waals surface area contributed by atoms with Crippen molar-refractivity contribution in [1.82, 2.24) is 15.2 Å². The predicted molar refractivity (Wildman–Crippen MR) is 172 cm³/mol. The first-order valence-corrected chi connectivity index (χ1v) is 14.9. The average molecular weight is 610 g/mol. The highest BCUT2D eigenvalue weighted by Crippen LogP contribution is 2.36. The van der Waals surface area contributed by atoms with E-state index >= 15 is 0 Å². The molecule has 1 amide bonds. The van der Waals surface area contributed by atoms with Crippen LogP contribution in [0.3, 0.4) is 0 Å². The van der Waals surface area contributed by atoms with E-state index in [1.807, 2.05) is 84.3 Å². The Morgan fingerprint density at radius 2 is 1.74 bits per heavy atom. The van der Waals surface area contributed by atoms with Gasteiger partial charge in [-0.3, -0.25) is 9.59 Å². The summed E-state index contributed by atoms with van der Waals surface area (Å²) < 4.78 is 16.3. The Labute approximate surface area is 260 Å². The summed E-state index contributed by atoms with van der Waals surface area (Å²) in [5, 5.41) is 3.53. The summed E-state index contributed by atoms with van der Waals surface area (Å²) in [6.07, 6.45) is 0.879. The average Bonchev–Trinajstić information content (AvgIpc) is 2.95. The van der Waals surface area contributed by atoms with Gasteiger partial charge in [0.2, 0.25) is 0 Å². The van der Waals surface area contributed by atoms with E-state index in [0.717, 1.165) is 35.2 Å². The summed E-state index contributed by atoms with van der Waals surface area (Å²) >= 11 is 6.51. The zero-order valence-corrected chi connectivity index (χ0v) is 27.1. The number of esters is 1. The number of ether oxygens (including phenoxy) is 3. The maximum absolute atomic E-state index is 13.6. The molecule has 9 heteroatoms. The summed E-state index contributed by atoms with van der Waals surface area (Å²) in [6, 6.07) is 16.7. The molecule has 1 N–H and O–H groups in total. The van der Waals surface area contributed by atoms with Crippen LogP contribution in [0, 0.1) is 12.3 Å². The van der Waals surface area contributed by atoms with Gasteiger partial charge < -0.3 is 24.4 Å². The van der Waals surface area contributed by atoms with Gasteiger partial charge in [-0.05, 0) is 68.2 Å². The van der Waals surface area contributed by atoms with Crippen molar-refractivity contribution >= 4 is 23.5 Å². The van der Waals surface area contributed by atoms with E-state index in [2.05, 4.69) is 10.2 Å². The van der Waals surface area contributed by atoms with Gasteiger partial charge in [0.15, 0.2) is 0 Å². The molecule has 0 aliphatic heterocycles. The van der Waals surface area contributed by atoms with Crippen LogP contribution in [0.5, 0.6) is 5.75 Å². The Kier molecular flexibility index (Phi) is 12.5. The van der Waals surface area contributed by atoms with Gasteiger partial charge in [-0.15, -0.1) is 0 Å². The third kappa shape index (κ3) is 10.1. The van der Waals surface area contributed by atoms with Crippen molar-refractivity contribution in [2.45, 2.75) is 46.6 Å². The fourth-order valence-electron chi connectivity index (χ4n) is 4.49. The Bertz CT molecular complexity index is 1390. The minimum Gasteiger partial charge on any atom is -0.492 e. The first-order valence-electron chi connectivity index (χ1n) is 14.5. The molecule has 1 atom stereocenters. The fraction of sp³-hybridized carbons (Fsp3) is 0.441. The smallest absolute Gasteiger partial charge is 0.307 e. The van der Waals surface area contributed by atoms with Crippen molar-refractivity contribution in [2.75, 3.05) is 47.6 Å². The minimum absolute atomic E-state index is 0.0266. The molecule has 3 aromatic rings. The van der Waals surface area contributed by atoms with Gasteiger partial charge in [0.25, 0.3) is 5.91 Å². The van der Waals surface area contributed by atoms with Crippen molar-refractivity contribution in [2.24, 2.45) is 5.41 Å². The Hall–Kier alpha value is -3.46. The Morgan fingerprint density at radius 3 is 2.42 bits per heavy atom. The summed E-state index contributed by atoms with van der Waals surface area (Å²) in [7, 11) is 5.59. The maximum atomic E-state index is 13.6. The number of aryl methyl sites for hydroxylation is 1. The van der Waals surface area contributed by atoms with Crippen molar-refractivity contribution in [3.05, 3.63) is 70.9 Å². The van der Waals surface area contributed by atoms with Gasteiger partial charge in [0, 0.05) is 30.8 Å².